The molecule has 0 spiro atoms. The fourth-order valence-electron chi connectivity index (χ4n) is 4.25. The van der Waals surface area contributed by atoms with Crippen molar-refractivity contribution in [2.24, 2.45) is 0 Å². The predicted octanol–water partition coefficient (Wildman–Crippen LogP) is 7.25. The van der Waals surface area contributed by atoms with Crippen LogP contribution < -0.4 is 4.74 Å². The Labute approximate surface area is 239 Å². The van der Waals surface area contributed by atoms with Crippen molar-refractivity contribution in [2.45, 2.75) is 13.2 Å². The van der Waals surface area contributed by atoms with Gasteiger partial charge in [-0.05, 0) is 60.2 Å². The summed E-state index contributed by atoms with van der Waals surface area (Å²) in [6, 6.07) is 27.2. The zero-order chi connectivity index (χ0) is 27.5. The number of hydrogen-bond acceptors (Lipinski definition) is 6. The zero-order valence-corrected chi connectivity index (χ0v) is 22.7. The zero-order valence-electron chi connectivity index (χ0n) is 21.1. The number of para-hydroxylation sites is 1. The molecule has 3 aromatic carbocycles. The van der Waals surface area contributed by atoms with E-state index in [0.29, 0.717) is 33.0 Å². The molecule has 0 aliphatic carbocycles. The number of rotatable bonds is 8. The fourth-order valence-corrected chi connectivity index (χ4v) is 5.49. The van der Waals surface area contributed by atoms with Crippen molar-refractivity contribution in [3.05, 3.63) is 131 Å². The predicted molar refractivity (Wildman–Crippen MR) is 157 cm³/mol. The highest BCUT2D eigenvalue weighted by atomic mass is 32.2. The van der Waals surface area contributed by atoms with Gasteiger partial charge in [0.05, 0.1) is 23.4 Å². The molecule has 1 amide bonds. The van der Waals surface area contributed by atoms with Gasteiger partial charge >= 0.3 is 0 Å². The highest BCUT2D eigenvalue weighted by Crippen LogP contribution is 2.36. The first kappa shape index (κ1) is 25.8. The van der Waals surface area contributed by atoms with E-state index in [0.717, 1.165) is 22.4 Å². The Balaban J connectivity index is 1.32. The summed E-state index contributed by atoms with van der Waals surface area (Å²) < 4.78 is 26.9. The standard InChI is InChI=1S/C31H22FN3O3S2/c32-24-13-11-21(12-14-24)20-38-26-9-4-6-22(16-26)29-23(18-35(33-29)25-7-2-1-3-8-25)17-28-30(36)34(31(39)40-28)19-27-10-5-15-37-27/h1-18H,19-20H2/b28-17-. The number of carbonyl (C=O) groups excluding carboxylic acids is 1. The molecular weight excluding hydrogens is 545 g/mol. The maximum absolute atomic E-state index is 13.3. The molecular formula is C31H22FN3O3S2. The summed E-state index contributed by atoms with van der Waals surface area (Å²) in [6.45, 7) is 0.575. The van der Waals surface area contributed by atoms with Gasteiger partial charge in [0, 0.05) is 17.3 Å². The van der Waals surface area contributed by atoms with Crippen LogP contribution in [0.1, 0.15) is 16.9 Å². The van der Waals surface area contributed by atoms with Crippen LogP contribution in [-0.4, -0.2) is 24.9 Å². The van der Waals surface area contributed by atoms with Gasteiger partial charge in [0.15, 0.2) is 0 Å². The summed E-state index contributed by atoms with van der Waals surface area (Å²) in [7, 11) is 0. The van der Waals surface area contributed by atoms with Crippen LogP contribution in [0.2, 0.25) is 0 Å². The van der Waals surface area contributed by atoms with Gasteiger partial charge in [-0.1, -0.05) is 66.4 Å². The van der Waals surface area contributed by atoms with Crippen LogP contribution in [0.15, 0.2) is 113 Å². The molecule has 2 aromatic heterocycles. The molecule has 1 aliphatic heterocycles. The quantitative estimate of drug-likeness (QED) is 0.145. The molecule has 40 heavy (non-hydrogen) atoms. The topological polar surface area (TPSA) is 60.5 Å². The number of thiocarbonyl (C=S) groups is 1. The molecule has 5 aromatic rings. The largest absolute Gasteiger partial charge is 0.489 e. The summed E-state index contributed by atoms with van der Waals surface area (Å²) in [5, 5.41) is 4.88. The Morgan fingerprint density at radius 1 is 1.00 bits per heavy atom. The van der Waals surface area contributed by atoms with E-state index in [2.05, 4.69) is 0 Å². The summed E-state index contributed by atoms with van der Waals surface area (Å²) in [6.07, 6.45) is 5.30. The molecule has 0 radical (unpaired) electrons. The van der Waals surface area contributed by atoms with Crippen LogP contribution >= 0.6 is 24.0 Å². The van der Waals surface area contributed by atoms with Crippen LogP contribution in [0.4, 0.5) is 4.39 Å². The number of halogens is 1. The van der Waals surface area contributed by atoms with Crippen molar-refractivity contribution in [1.82, 2.24) is 14.7 Å². The Bertz CT molecular complexity index is 1700. The van der Waals surface area contributed by atoms with Crippen molar-refractivity contribution < 1.29 is 18.3 Å². The second-order valence-corrected chi connectivity index (χ2v) is 10.7. The van der Waals surface area contributed by atoms with Crippen LogP contribution in [0.5, 0.6) is 5.75 Å². The lowest BCUT2D eigenvalue weighted by Gasteiger charge is -2.11. The van der Waals surface area contributed by atoms with Gasteiger partial charge < -0.3 is 9.15 Å². The first-order valence-electron chi connectivity index (χ1n) is 12.4. The van der Waals surface area contributed by atoms with Gasteiger partial charge in [-0.25, -0.2) is 9.07 Å². The molecule has 0 bridgehead atoms. The first-order valence-corrected chi connectivity index (χ1v) is 13.7. The number of thioether (sulfide) groups is 1. The molecule has 1 fully saturated rings. The number of aromatic nitrogens is 2. The van der Waals surface area contributed by atoms with Gasteiger partial charge in [0.25, 0.3) is 5.91 Å². The third-order valence-electron chi connectivity index (χ3n) is 6.24. The molecule has 9 heteroatoms. The van der Waals surface area contributed by atoms with Crippen LogP contribution in [-0.2, 0) is 17.9 Å². The molecule has 0 unspecified atom stereocenters. The van der Waals surface area contributed by atoms with Crippen LogP contribution in [0.25, 0.3) is 23.0 Å². The number of nitrogens with zero attached hydrogens (tertiary/aromatic N) is 3. The van der Waals surface area contributed by atoms with E-state index in [-0.39, 0.29) is 18.3 Å². The minimum Gasteiger partial charge on any atom is -0.489 e. The number of furan rings is 1. The van der Waals surface area contributed by atoms with E-state index in [9.17, 15) is 9.18 Å². The number of amides is 1. The van der Waals surface area contributed by atoms with Gasteiger partial charge in [-0.15, -0.1) is 0 Å². The average molecular weight is 568 g/mol. The smallest absolute Gasteiger partial charge is 0.266 e. The van der Waals surface area contributed by atoms with E-state index in [1.54, 1.807) is 29.1 Å². The van der Waals surface area contributed by atoms with E-state index in [1.165, 1.54) is 28.8 Å². The number of ether oxygens (including phenoxy) is 1. The van der Waals surface area contributed by atoms with Crippen LogP contribution in [0.3, 0.4) is 0 Å². The summed E-state index contributed by atoms with van der Waals surface area (Å²) in [5.74, 6) is 0.839. The van der Waals surface area contributed by atoms with Crippen LogP contribution in [0, 0.1) is 5.82 Å². The molecule has 6 rings (SSSR count). The third-order valence-corrected chi connectivity index (χ3v) is 7.62. The van der Waals surface area contributed by atoms with E-state index < -0.39 is 0 Å². The SMILES string of the molecule is O=C1/C(=C/c2cn(-c3ccccc3)nc2-c2cccc(OCc3ccc(F)cc3)c2)SC(=S)N1Cc1ccco1. The summed E-state index contributed by atoms with van der Waals surface area (Å²) in [4.78, 5) is 15.3. The minimum atomic E-state index is -0.287. The second kappa shape index (κ2) is 11.3. The Kier molecular flexibility index (Phi) is 7.31. The van der Waals surface area contributed by atoms with Crippen molar-refractivity contribution in [1.29, 1.82) is 0 Å². The lowest BCUT2D eigenvalue weighted by atomic mass is 10.1. The van der Waals surface area contributed by atoms with E-state index >= 15 is 0 Å². The van der Waals surface area contributed by atoms with Gasteiger partial charge in [-0.2, -0.15) is 5.10 Å². The Morgan fingerprint density at radius 3 is 2.60 bits per heavy atom. The summed E-state index contributed by atoms with van der Waals surface area (Å²) >= 11 is 6.77. The van der Waals surface area contributed by atoms with Gasteiger partial charge in [0.1, 0.15) is 33.9 Å². The molecule has 1 saturated heterocycles. The highest BCUT2D eigenvalue weighted by molar-refractivity contribution is 8.26. The Hall–Kier alpha value is -4.47. The van der Waals surface area contributed by atoms with Crippen molar-refractivity contribution >= 4 is 40.3 Å². The Morgan fingerprint density at radius 2 is 1.82 bits per heavy atom. The monoisotopic (exact) mass is 567 g/mol. The minimum absolute atomic E-state index is 0.179. The average Bonchev–Trinajstić information content (AvgIpc) is 3.71. The number of hydrogen-bond donors (Lipinski definition) is 0. The lowest BCUT2D eigenvalue weighted by Crippen LogP contribution is -2.27. The van der Waals surface area contributed by atoms with Crippen molar-refractivity contribution in [2.75, 3.05) is 0 Å². The molecule has 0 saturated carbocycles. The van der Waals surface area contributed by atoms with Gasteiger partial charge in [-0.3, -0.25) is 9.69 Å². The van der Waals surface area contributed by atoms with Gasteiger partial charge in [0.2, 0.25) is 0 Å². The number of benzene rings is 3. The van der Waals surface area contributed by atoms with Crippen molar-refractivity contribution in [3.63, 3.8) is 0 Å². The lowest BCUT2D eigenvalue weighted by molar-refractivity contribution is -0.122. The van der Waals surface area contributed by atoms with E-state index in [4.69, 9.17) is 26.5 Å². The highest BCUT2D eigenvalue weighted by Gasteiger charge is 2.33. The maximum atomic E-state index is 13.3. The normalized spacial score (nSPS) is 14.3. The molecule has 0 atom stereocenters. The fraction of sp³-hybridized carbons (Fsp3) is 0.0645. The number of carbonyl (C=O) groups is 1. The second-order valence-electron chi connectivity index (χ2n) is 9.00. The molecule has 1 aliphatic rings. The van der Waals surface area contributed by atoms with E-state index in [1.807, 2.05) is 72.9 Å². The molecule has 3 heterocycles. The molecule has 0 N–H and O–H groups in total. The molecule has 198 valence electrons. The maximum Gasteiger partial charge on any atom is 0.266 e. The first-order chi connectivity index (χ1) is 19.5. The van der Waals surface area contributed by atoms with Crippen molar-refractivity contribution in [3.8, 4) is 22.7 Å². The summed E-state index contributed by atoms with van der Waals surface area (Å²) in [5.41, 5.74) is 4.02. The molecule has 6 nitrogen and oxygen atoms in total. The third kappa shape index (κ3) is 5.61.